The van der Waals surface area contributed by atoms with Crippen LogP contribution >= 0.6 is 0 Å². The fourth-order valence-electron chi connectivity index (χ4n) is 2.13. The van der Waals surface area contributed by atoms with Crippen LogP contribution in [0.2, 0.25) is 0 Å². The zero-order chi connectivity index (χ0) is 31.9. The van der Waals surface area contributed by atoms with Crippen molar-refractivity contribution < 1.29 is 97.1 Å². The first kappa shape index (κ1) is 36.9. The number of rotatable bonds is 14. The third-order valence-corrected chi connectivity index (χ3v) is 6.03. The number of halogens is 18. The van der Waals surface area contributed by atoms with E-state index >= 15 is 0 Å². The van der Waals surface area contributed by atoms with E-state index in [0.717, 1.165) is 0 Å². The van der Waals surface area contributed by atoms with Crippen LogP contribution in [0.15, 0.2) is 12.7 Å². The highest BCUT2D eigenvalue weighted by Gasteiger charge is 2.96. The molecule has 0 N–H and O–H groups in total. The third-order valence-electron chi connectivity index (χ3n) is 4.42. The van der Waals surface area contributed by atoms with Crippen molar-refractivity contribution in [3.8, 4) is 0 Å². The van der Waals surface area contributed by atoms with Crippen LogP contribution in [0.5, 0.6) is 0 Å². The van der Waals surface area contributed by atoms with Crippen molar-refractivity contribution >= 4 is 16.0 Å². The summed E-state index contributed by atoms with van der Waals surface area (Å²) in [6.45, 7) is 0.0949. The molecule has 0 heterocycles. The van der Waals surface area contributed by atoms with Gasteiger partial charge in [-0.25, -0.2) is 13.2 Å². The average Bonchev–Trinajstić information content (AvgIpc) is 2.76. The highest BCUT2D eigenvalue weighted by atomic mass is 32.2. The topological polar surface area (TPSA) is 63.7 Å². The number of esters is 1. The number of unbranched alkanes of at least 4 members (excludes halogenated alkanes) is 1. The lowest BCUT2D eigenvalue weighted by Gasteiger charge is -2.42. The van der Waals surface area contributed by atoms with Gasteiger partial charge >= 0.3 is 63.0 Å². The van der Waals surface area contributed by atoms with E-state index in [0.29, 0.717) is 6.08 Å². The summed E-state index contributed by atoms with van der Waals surface area (Å²) in [5.41, 5.74) is 0. The van der Waals surface area contributed by atoms with E-state index < -0.39 is 93.5 Å². The predicted molar refractivity (Wildman–Crippen MR) is 87.8 cm³/mol. The first-order chi connectivity index (χ1) is 16.9. The Morgan fingerprint density at radius 2 is 1.03 bits per heavy atom. The van der Waals surface area contributed by atoms with Gasteiger partial charge in [-0.15, -0.1) is 4.48 Å². The van der Waals surface area contributed by atoms with E-state index in [2.05, 4.69) is 11.3 Å². The van der Waals surface area contributed by atoms with E-state index in [1.165, 1.54) is 0 Å². The van der Waals surface area contributed by atoms with E-state index in [4.69, 9.17) is 0 Å². The summed E-state index contributed by atoms with van der Waals surface area (Å²) < 4.78 is 262. The first-order valence-electron chi connectivity index (χ1n) is 9.06. The van der Waals surface area contributed by atoms with E-state index in [1.54, 1.807) is 0 Å². The van der Waals surface area contributed by atoms with Crippen molar-refractivity contribution in [1.82, 2.24) is 4.53 Å². The molecule has 39 heavy (non-hydrogen) atoms. The van der Waals surface area contributed by atoms with Gasteiger partial charge in [-0.1, -0.05) is 6.58 Å². The second-order valence-electron chi connectivity index (χ2n) is 7.06. The van der Waals surface area contributed by atoms with Crippen LogP contribution in [0, 0.1) is 0 Å². The van der Waals surface area contributed by atoms with Crippen molar-refractivity contribution in [1.29, 1.82) is 0 Å². The van der Waals surface area contributed by atoms with Gasteiger partial charge in [0.05, 0.1) is 6.61 Å². The summed E-state index contributed by atoms with van der Waals surface area (Å²) in [4.78, 5) is 10.7. The molecule has 0 radical (unpaired) electrons. The van der Waals surface area contributed by atoms with Crippen molar-refractivity contribution in [2.75, 3.05) is 13.2 Å². The van der Waals surface area contributed by atoms with Crippen molar-refractivity contribution in [2.24, 2.45) is 0 Å². The minimum Gasteiger partial charge on any atom is -0.463 e. The summed E-state index contributed by atoms with van der Waals surface area (Å²) in [6.07, 6.45) is -9.18. The molecule has 0 bridgehead atoms. The Bertz CT molecular complexity index is 1010. The molecule has 0 rings (SSSR count). The van der Waals surface area contributed by atoms with Gasteiger partial charge in [0.15, 0.2) is 0 Å². The molecule has 5 nitrogen and oxygen atoms in total. The molecule has 0 aliphatic rings. The number of ether oxygens (including phenoxy) is 1. The summed E-state index contributed by atoms with van der Waals surface area (Å²) in [5, 5.41) is -7.98. The zero-order valence-corrected chi connectivity index (χ0v) is 18.7. The van der Waals surface area contributed by atoms with Gasteiger partial charge in [-0.05, 0) is 17.4 Å². The van der Waals surface area contributed by atoms with Gasteiger partial charge in [0.1, 0.15) is 0 Å². The maximum atomic E-state index is 13.8. The summed E-state index contributed by atoms with van der Waals surface area (Å²) in [6, 6.07) is 0. The third kappa shape index (κ3) is 5.58. The van der Waals surface area contributed by atoms with Gasteiger partial charge in [-0.3, -0.25) is 0 Å². The number of carbonyl (C=O) groups is 1. The van der Waals surface area contributed by atoms with E-state index in [-0.39, 0.29) is 0 Å². The van der Waals surface area contributed by atoms with Gasteiger partial charge in [0, 0.05) is 12.6 Å². The quantitative estimate of drug-likeness (QED) is 0.0769. The number of nitrogens with zero attached hydrogens (tertiary/aromatic N) is 1. The van der Waals surface area contributed by atoms with Crippen LogP contribution in [0.4, 0.5) is 79.1 Å². The lowest BCUT2D eigenvalue weighted by Crippen LogP contribution is -2.75. The van der Waals surface area contributed by atoms with Gasteiger partial charge in [0.25, 0.3) is 0 Å². The molecular weight excluding hydrogens is 632 g/mol. The summed E-state index contributed by atoms with van der Waals surface area (Å²) in [5.74, 6) is -53.7. The monoisotopic (exact) mass is 643 g/mol. The molecule has 0 aromatic heterocycles. The minimum atomic E-state index is -9.00. The van der Waals surface area contributed by atoms with Gasteiger partial charge < -0.3 is 4.74 Å². The Kier molecular flexibility index (Phi) is 10.1. The molecule has 0 aliphatic heterocycles. The normalized spacial score (nSPS) is 15.5. The van der Waals surface area contributed by atoms with Crippen LogP contribution < -0.4 is 0 Å². The van der Waals surface area contributed by atoms with Gasteiger partial charge in [0.2, 0.25) is 0 Å². The second kappa shape index (κ2) is 10.7. The molecule has 0 spiro atoms. The Hall–Kier alpha value is -2.14. The lowest BCUT2D eigenvalue weighted by molar-refractivity contribution is -0.458. The predicted octanol–water partition coefficient (Wildman–Crippen LogP) is 5.98. The number of hydrogen-bond donors (Lipinski definition) is 0. The molecule has 0 saturated carbocycles. The SMILES string of the molecule is C=CC(=O)OCCCCN(F)S(=O)(=O)C(F)(F)C(F)(F)C(F)(F)C(F)(F)C(F)(F)C(F)(F)C(F)(F)C(F)(F)F. The molecular formula is C15H11F18NO4S. The number of alkyl halides is 17. The Labute approximate surface area is 204 Å². The molecule has 0 fully saturated rings. The number of hydrogen-bond acceptors (Lipinski definition) is 4. The molecule has 24 heteroatoms. The maximum Gasteiger partial charge on any atom is 0.460 e. The molecule has 0 aliphatic carbocycles. The highest BCUT2D eigenvalue weighted by molar-refractivity contribution is 7.90. The van der Waals surface area contributed by atoms with Crippen LogP contribution in [0.25, 0.3) is 0 Å². The maximum absolute atomic E-state index is 13.8. The lowest BCUT2D eigenvalue weighted by atomic mass is 9.91. The Morgan fingerprint density at radius 3 is 1.38 bits per heavy atom. The molecule has 232 valence electrons. The minimum absolute atomic E-state index is 0.550. The molecule has 0 aromatic rings. The van der Waals surface area contributed by atoms with Crippen molar-refractivity contribution in [3.63, 3.8) is 0 Å². The van der Waals surface area contributed by atoms with Crippen molar-refractivity contribution in [3.05, 3.63) is 12.7 Å². The Morgan fingerprint density at radius 1 is 0.667 bits per heavy atom. The number of carbonyl (C=O) groups excluding carboxylic acids is 1. The van der Waals surface area contributed by atoms with Crippen LogP contribution in [-0.2, 0) is 19.6 Å². The molecule has 0 saturated heterocycles. The average molecular weight is 643 g/mol. The Balaban J connectivity index is 6.43. The zero-order valence-electron chi connectivity index (χ0n) is 17.9. The van der Waals surface area contributed by atoms with E-state index in [9.17, 15) is 92.3 Å². The van der Waals surface area contributed by atoms with Crippen LogP contribution in [0.3, 0.4) is 0 Å². The molecule has 0 unspecified atom stereocenters. The largest absolute Gasteiger partial charge is 0.463 e. The van der Waals surface area contributed by atoms with Crippen molar-refractivity contribution in [2.45, 2.75) is 59.8 Å². The van der Waals surface area contributed by atoms with Crippen LogP contribution in [-0.4, -0.2) is 79.0 Å². The molecule has 0 atom stereocenters. The van der Waals surface area contributed by atoms with Crippen LogP contribution in [0.1, 0.15) is 12.8 Å². The smallest absolute Gasteiger partial charge is 0.460 e. The second-order valence-corrected chi connectivity index (χ2v) is 8.91. The highest BCUT2D eigenvalue weighted by Crippen LogP contribution is 2.64. The van der Waals surface area contributed by atoms with E-state index in [1.807, 2.05) is 0 Å². The standard InChI is InChI=1S/C15H11F18NO4S/c1-2-7(35)38-6-4-3-5-34(33)39(36,37)15(31,32)13(26,27)11(22,23)9(18,19)8(16,17)10(20,21)12(24,25)14(28,29)30/h2H,1,3-6H2. The summed E-state index contributed by atoms with van der Waals surface area (Å²) >= 11 is 0. The fraction of sp³-hybridized carbons (Fsp3) is 0.800. The van der Waals surface area contributed by atoms with Gasteiger partial charge in [-0.2, -0.15) is 74.6 Å². The fourth-order valence-corrected chi connectivity index (χ4v) is 3.20. The summed E-state index contributed by atoms with van der Waals surface area (Å²) in [7, 11) is -7.99. The first-order valence-corrected chi connectivity index (χ1v) is 10.5. The molecule has 0 amide bonds. The number of sulfonamides is 1. The molecule has 0 aromatic carbocycles.